The van der Waals surface area contributed by atoms with Gasteiger partial charge >= 0.3 is 0 Å². The molecule has 0 aliphatic heterocycles. The van der Waals surface area contributed by atoms with Crippen LogP contribution < -0.4 is 0 Å². The Morgan fingerprint density at radius 1 is 1.08 bits per heavy atom. The summed E-state index contributed by atoms with van der Waals surface area (Å²) < 4.78 is 5.37. The molecule has 1 aromatic heterocycles. The fraction of sp³-hybridized carbons (Fsp3) is 0.250. The van der Waals surface area contributed by atoms with Gasteiger partial charge in [0.05, 0.1) is 5.92 Å². The van der Waals surface area contributed by atoms with E-state index in [0.29, 0.717) is 17.0 Å². The van der Waals surface area contributed by atoms with E-state index >= 15 is 0 Å². The molecule has 0 radical (unpaired) electrons. The lowest BCUT2D eigenvalue weighted by Crippen LogP contribution is -2.03. The Labute approximate surface area is 141 Å². The van der Waals surface area contributed by atoms with Gasteiger partial charge in [-0.1, -0.05) is 60.6 Å². The number of ketones is 1. The molecule has 1 unspecified atom stereocenters. The van der Waals surface area contributed by atoms with Crippen molar-refractivity contribution in [3.63, 3.8) is 0 Å². The SMILES string of the molecule is CCCc1noc(C(C)c2cccc(C(=O)c3ccccc3)c2)n1. The first-order valence-corrected chi connectivity index (χ1v) is 8.21. The lowest BCUT2D eigenvalue weighted by Gasteiger charge is -2.09. The Hall–Kier alpha value is -2.75. The van der Waals surface area contributed by atoms with Crippen LogP contribution in [0.25, 0.3) is 0 Å². The Bertz CT molecular complexity index is 824. The number of carbonyl (C=O) groups is 1. The molecule has 0 saturated carbocycles. The number of benzene rings is 2. The molecule has 0 bridgehead atoms. The Balaban J connectivity index is 1.85. The Morgan fingerprint density at radius 3 is 2.58 bits per heavy atom. The summed E-state index contributed by atoms with van der Waals surface area (Å²) in [6.45, 7) is 4.09. The monoisotopic (exact) mass is 320 g/mol. The zero-order valence-electron chi connectivity index (χ0n) is 13.9. The van der Waals surface area contributed by atoms with Crippen LogP contribution in [0.5, 0.6) is 0 Å². The number of carbonyl (C=O) groups excluding carboxylic acids is 1. The quantitative estimate of drug-likeness (QED) is 0.631. The lowest BCUT2D eigenvalue weighted by molar-refractivity contribution is 0.103. The van der Waals surface area contributed by atoms with Gasteiger partial charge in [0.15, 0.2) is 11.6 Å². The van der Waals surface area contributed by atoms with Crippen molar-refractivity contribution in [2.45, 2.75) is 32.6 Å². The second kappa shape index (κ2) is 7.21. The largest absolute Gasteiger partial charge is 0.339 e. The number of nitrogens with zero attached hydrogens (tertiary/aromatic N) is 2. The minimum Gasteiger partial charge on any atom is -0.339 e. The summed E-state index contributed by atoms with van der Waals surface area (Å²) in [7, 11) is 0. The highest BCUT2D eigenvalue weighted by atomic mass is 16.5. The average molecular weight is 320 g/mol. The molecule has 0 fully saturated rings. The van der Waals surface area contributed by atoms with Crippen molar-refractivity contribution in [1.29, 1.82) is 0 Å². The standard InChI is InChI=1S/C20H20N2O2/c1-3-8-18-21-20(24-22-18)14(2)16-11-7-12-17(13-16)19(23)15-9-5-4-6-10-15/h4-7,9-14H,3,8H2,1-2H3. The van der Waals surface area contributed by atoms with E-state index in [1.165, 1.54) is 0 Å². The van der Waals surface area contributed by atoms with Crippen molar-refractivity contribution in [3.05, 3.63) is 83.0 Å². The zero-order chi connectivity index (χ0) is 16.9. The molecule has 3 rings (SSSR count). The van der Waals surface area contributed by atoms with E-state index in [2.05, 4.69) is 17.1 Å². The molecule has 4 nitrogen and oxygen atoms in total. The van der Waals surface area contributed by atoms with Gasteiger partial charge in [0.1, 0.15) is 0 Å². The number of aryl methyl sites for hydroxylation is 1. The van der Waals surface area contributed by atoms with Crippen LogP contribution in [0.3, 0.4) is 0 Å². The third-order valence-electron chi connectivity index (χ3n) is 4.01. The summed E-state index contributed by atoms with van der Waals surface area (Å²) in [6, 6.07) is 16.9. The van der Waals surface area contributed by atoms with Crippen LogP contribution in [-0.4, -0.2) is 15.9 Å². The van der Waals surface area contributed by atoms with Gasteiger partial charge in [-0.05, 0) is 25.0 Å². The molecule has 0 aliphatic rings. The summed E-state index contributed by atoms with van der Waals surface area (Å²) in [5, 5.41) is 4.00. The van der Waals surface area contributed by atoms with E-state index in [-0.39, 0.29) is 11.7 Å². The highest BCUT2D eigenvalue weighted by molar-refractivity contribution is 6.09. The van der Waals surface area contributed by atoms with Gasteiger partial charge in [-0.25, -0.2) is 0 Å². The maximum absolute atomic E-state index is 12.6. The maximum atomic E-state index is 12.6. The minimum atomic E-state index is -0.0494. The minimum absolute atomic E-state index is 0.0156. The second-order valence-electron chi connectivity index (χ2n) is 5.84. The maximum Gasteiger partial charge on any atom is 0.233 e. The third-order valence-corrected chi connectivity index (χ3v) is 4.01. The molecule has 2 aromatic carbocycles. The van der Waals surface area contributed by atoms with Crippen molar-refractivity contribution in [1.82, 2.24) is 10.1 Å². The number of aromatic nitrogens is 2. The van der Waals surface area contributed by atoms with Crippen molar-refractivity contribution < 1.29 is 9.32 Å². The van der Waals surface area contributed by atoms with Gasteiger partial charge in [0, 0.05) is 17.5 Å². The molecule has 1 heterocycles. The molecule has 1 atom stereocenters. The van der Waals surface area contributed by atoms with Crippen LogP contribution in [0.1, 0.15) is 59.4 Å². The van der Waals surface area contributed by atoms with Crippen molar-refractivity contribution in [3.8, 4) is 0 Å². The van der Waals surface area contributed by atoms with E-state index in [9.17, 15) is 4.79 Å². The van der Waals surface area contributed by atoms with Crippen LogP contribution in [0.2, 0.25) is 0 Å². The summed E-state index contributed by atoms with van der Waals surface area (Å²) in [6.07, 6.45) is 1.79. The summed E-state index contributed by atoms with van der Waals surface area (Å²) in [5.41, 5.74) is 2.34. The summed E-state index contributed by atoms with van der Waals surface area (Å²) >= 11 is 0. The van der Waals surface area contributed by atoms with Crippen LogP contribution in [0, 0.1) is 0 Å². The van der Waals surface area contributed by atoms with E-state index in [0.717, 1.165) is 24.2 Å². The molecule has 4 heteroatoms. The predicted molar refractivity (Wildman–Crippen MR) is 92.1 cm³/mol. The number of hydrogen-bond acceptors (Lipinski definition) is 4. The van der Waals surface area contributed by atoms with Crippen LogP contribution >= 0.6 is 0 Å². The van der Waals surface area contributed by atoms with Gasteiger partial charge in [-0.3, -0.25) is 4.79 Å². The fourth-order valence-corrected chi connectivity index (χ4v) is 2.62. The van der Waals surface area contributed by atoms with E-state index in [1.54, 1.807) is 0 Å². The van der Waals surface area contributed by atoms with Crippen LogP contribution in [-0.2, 0) is 6.42 Å². The average Bonchev–Trinajstić information content (AvgIpc) is 3.10. The zero-order valence-corrected chi connectivity index (χ0v) is 13.9. The van der Waals surface area contributed by atoms with Gasteiger partial charge < -0.3 is 4.52 Å². The van der Waals surface area contributed by atoms with Gasteiger partial charge in [-0.15, -0.1) is 0 Å². The van der Waals surface area contributed by atoms with E-state index in [4.69, 9.17) is 4.52 Å². The second-order valence-corrected chi connectivity index (χ2v) is 5.84. The molecule has 0 N–H and O–H groups in total. The highest BCUT2D eigenvalue weighted by Gasteiger charge is 2.18. The van der Waals surface area contributed by atoms with Gasteiger partial charge in [0.2, 0.25) is 5.89 Å². The smallest absolute Gasteiger partial charge is 0.233 e. The summed E-state index contributed by atoms with van der Waals surface area (Å²) in [4.78, 5) is 17.0. The topological polar surface area (TPSA) is 56.0 Å². The molecule has 0 spiro atoms. The van der Waals surface area contributed by atoms with Gasteiger partial charge in [-0.2, -0.15) is 4.98 Å². The first kappa shape index (κ1) is 16.1. The van der Waals surface area contributed by atoms with Crippen molar-refractivity contribution >= 4 is 5.78 Å². The van der Waals surface area contributed by atoms with Crippen LogP contribution in [0.15, 0.2) is 59.1 Å². The van der Waals surface area contributed by atoms with E-state index < -0.39 is 0 Å². The first-order chi connectivity index (χ1) is 11.7. The molecular weight excluding hydrogens is 300 g/mol. The van der Waals surface area contributed by atoms with Crippen molar-refractivity contribution in [2.75, 3.05) is 0 Å². The number of rotatable bonds is 6. The molecule has 0 aliphatic carbocycles. The Kier molecular flexibility index (Phi) is 4.85. The molecule has 0 saturated heterocycles. The highest BCUT2D eigenvalue weighted by Crippen LogP contribution is 2.24. The van der Waals surface area contributed by atoms with Crippen molar-refractivity contribution in [2.24, 2.45) is 0 Å². The number of hydrogen-bond donors (Lipinski definition) is 0. The van der Waals surface area contributed by atoms with Crippen LogP contribution in [0.4, 0.5) is 0 Å². The van der Waals surface area contributed by atoms with Gasteiger partial charge in [0.25, 0.3) is 0 Å². The molecular formula is C20H20N2O2. The Morgan fingerprint density at radius 2 is 1.83 bits per heavy atom. The molecule has 24 heavy (non-hydrogen) atoms. The first-order valence-electron chi connectivity index (χ1n) is 8.21. The van der Waals surface area contributed by atoms with E-state index in [1.807, 2.05) is 61.5 Å². The predicted octanol–water partition coefficient (Wildman–Crippen LogP) is 4.40. The third kappa shape index (κ3) is 3.43. The fourth-order valence-electron chi connectivity index (χ4n) is 2.62. The molecule has 0 amide bonds. The summed E-state index contributed by atoms with van der Waals surface area (Å²) in [5.74, 6) is 1.28. The molecule has 122 valence electrons. The normalized spacial score (nSPS) is 12.1. The molecule has 3 aromatic rings. The lowest BCUT2D eigenvalue weighted by atomic mass is 9.95.